The van der Waals surface area contributed by atoms with Crippen molar-refractivity contribution < 1.29 is 22.8 Å². The van der Waals surface area contributed by atoms with Gasteiger partial charge in [-0.2, -0.15) is 13.2 Å². The van der Waals surface area contributed by atoms with E-state index in [4.69, 9.17) is 4.84 Å². The van der Waals surface area contributed by atoms with Gasteiger partial charge in [-0.15, -0.1) is 0 Å². The number of alkyl halides is 3. The summed E-state index contributed by atoms with van der Waals surface area (Å²) in [4.78, 5) is 21.0. The van der Waals surface area contributed by atoms with Crippen molar-refractivity contribution in [1.82, 2.24) is 10.0 Å². The molecule has 1 amide bonds. The highest BCUT2D eigenvalue weighted by Gasteiger charge is 2.38. The molecule has 1 atom stereocenters. The monoisotopic (exact) mass is 302 g/mol. The number of rotatable bonds is 1. The van der Waals surface area contributed by atoms with E-state index >= 15 is 0 Å². The van der Waals surface area contributed by atoms with Crippen LogP contribution in [0.3, 0.4) is 0 Å². The summed E-state index contributed by atoms with van der Waals surface area (Å²) < 4.78 is 37.5. The van der Waals surface area contributed by atoms with Crippen molar-refractivity contribution in [3.8, 4) is 0 Å². The average Bonchev–Trinajstić information content (AvgIpc) is 2.84. The summed E-state index contributed by atoms with van der Waals surface area (Å²) >= 11 is 0. The van der Waals surface area contributed by atoms with E-state index in [1.807, 2.05) is 0 Å². The van der Waals surface area contributed by atoms with E-state index in [2.05, 4.69) is 4.98 Å². The normalized spacial score (nSPS) is 19.9. The first kappa shape index (κ1) is 15.8. The van der Waals surface area contributed by atoms with Crippen LogP contribution in [0.5, 0.6) is 0 Å². The molecule has 2 heterocycles. The molecular formula is C14H17F3N2O2. The second kappa shape index (κ2) is 5.29. The Kier molecular flexibility index (Phi) is 3.97. The van der Waals surface area contributed by atoms with Gasteiger partial charge < -0.3 is 0 Å². The molecule has 1 saturated heterocycles. The molecule has 0 N–H and O–H groups in total. The minimum absolute atomic E-state index is 0.204. The third-order valence-corrected chi connectivity index (χ3v) is 3.21. The molecule has 4 nitrogen and oxygen atoms in total. The van der Waals surface area contributed by atoms with Gasteiger partial charge in [0.1, 0.15) is 5.69 Å². The van der Waals surface area contributed by atoms with Crippen molar-refractivity contribution in [2.75, 3.05) is 6.61 Å². The third-order valence-electron chi connectivity index (χ3n) is 3.21. The van der Waals surface area contributed by atoms with Crippen LogP contribution >= 0.6 is 0 Å². The number of hydroxylamine groups is 2. The molecule has 116 valence electrons. The Morgan fingerprint density at radius 1 is 1.33 bits per heavy atom. The van der Waals surface area contributed by atoms with Crippen molar-refractivity contribution >= 4 is 5.91 Å². The first-order chi connectivity index (χ1) is 9.60. The quantitative estimate of drug-likeness (QED) is 0.799. The van der Waals surface area contributed by atoms with Crippen LogP contribution < -0.4 is 0 Å². The Morgan fingerprint density at radius 2 is 2.00 bits per heavy atom. The van der Waals surface area contributed by atoms with Gasteiger partial charge in [0.2, 0.25) is 0 Å². The molecule has 1 aliphatic rings. The lowest BCUT2D eigenvalue weighted by molar-refractivity contribution is -0.186. The summed E-state index contributed by atoms with van der Waals surface area (Å²) in [5, 5.41) is 1.25. The predicted molar refractivity (Wildman–Crippen MR) is 68.9 cm³/mol. The number of nitrogens with zero attached hydrogens (tertiary/aromatic N) is 2. The number of pyridine rings is 1. The van der Waals surface area contributed by atoms with E-state index in [9.17, 15) is 18.0 Å². The highest BCUT2D eigenvalue weighted by molar-refractivity contribution is 5.81. The molecule has 2 rings (SSSR count). The topological polar surface area (TPSA) is 42.4 Å². The smallest absolute Gasteiger partial charge is 0.272 e. The van der Waals surface area contributed by atoms with Crippen LogP contribution in [0.15, 0.2) is 18.3 Å². The molecule has 1 aromatic heterocycles. The van der Waals surface area contributed by atoms with Crippen LogP contribution in [0.1, 0.15) is 44.5 Å². The fourth-order valence-corrected chi connectivity index (χ4v) is 2.07. The number of carbonyl (C=O) groups excluding carboxylic acids is 1. The van der Waals surface area contributed by atoms with E-state index in [0.29, 0.717) is 18.6 Å². The second-order valence-corrected chi connectivity index (χ2v) is 5.99. The first-order valence-corrected chi connectivity index (χ1v) is 6.60. The van der Waals surface area contributed by atoms with Gasteiger partial charge in [0.05, 0.1) is 12.6 Å². The van der Waals surface area contributed by atoms with Crippen molar-refractivity contribution in [2.45, 2.75) is 39.4 Å². The maximum atomic E-state index is 12.5. The van der Waals surface area contributed by atoms with Crippen LogP contribution in [0.25, 0.3) is 0 Å². The lowest BCUT2D eigenvalue weighted by Crippen LogP contribution is -2.38. The van der Waals surface area contributed by atoms with E-state index in [1.54, 1.807) is 20.8 Å². The van der Waals surface area contributed by atoms with E-state index in [1.165, 1.54) is 11.1 Å². The molecule has 0 radical (unpaired) electrons. The number of hydrogen-bond donors (Lipinski definition) is 0. The molecule has 1 fully saturated rings. The SMILES string of the molecule is CC(C)(C)C(=O)N1OCC[C@H]1c1ccc(C(F)(F)F)nc1. The Labute approximate surface area is 120 Å². The molecule has 1 aromatic rings. The average molecular weight is 302 g/mol. The largest absolute Gasteiger partial charge is 0.433 e. The minimum atomic E-state index is -4.47. The molecule has 0 unspecified atom stereocenters. The maximum absolute atomic E-state index is 12.5. The Morgan fingerprint density at radius 3 is 2.48 bits per heavy atom. The lowest BCUT2D eigenvalue weighted by Gasteiger charge is -2.29. The van der Waals surface area contributed by atoms with Gasteiger partial charge in [0.15, 0.2) is 0 Å². The van der Waals surface area contributed by atoms with Crippen LogP contribution in [-0.4, -0.2) is 22.6 Å². The summed E-state index contributed by atoms with van der Waals surface area (Å²) in [6.07, 6.45) is -2.77. The van der Waals surface area contributed by atoms with Crippen LogP contribution in [0, 0.1) is 5.41 Å². The van der Waals surface area contributed by atoms with Gasteiger partial charge in [0, 0.05) is 18.0 Å². The van der Waals surface area contributed by atoms with E-state index in [0.717, 1.165) is 12.3 Å². The lowest BCUT2D eigenvalue weighted by atomic mass is 9.94. The first-order valence-electron chi connectivity index (χ1n) is 6.60. The van der Waals surface area contributed by atoms with Gasteiger partial charge in [-0.05, 0) is 11.6 Å². The van der Waals surface area contributed by atoms with Crippen molar-refractivity contribution in [3.05, 3.63) is 29.6 Å². The van der Waals surface area contributed by atoms with Crippen molar-refractivity contribution in [2.24, 2.45) is 5.41 Å². The van der Waals surface area contributed by atoms with Gasteiger partial charge in [-0.3, -0.25) is 14.6 Å². The van der Waals surface area contributed by atoms with Gasteiger partial charge in [0.25, 0.3) is 5.91 Å². The zero-order chi connectivity index (χ0) is 15.8. The zero-order valence-electron chi connectivity index (χ0n) is 12.1. The molecule has 0 aliphatic carbocycles. The number of carbonyl (C=O) groups is 1. The van der Waals surface area contributed by atoms with Crippen molar-refractivity contribution in [3.63, 3.8) is 0 Å². The standard InChI is InChI=1S/C14H17F3N2O2/c1-13(2,3)12(20)19-10(6-7-21-19)9-4-5-11(18-8-9)14(15,16)17/h4-5,8,10H,6-7H2,1-3H3/t10-/m0/s1. The third kappa shape index (κ3) is 3.34. The van der Waals surface area contributed by atoms with Crippen LogP contribution in [0.2, 0.25) is 0 Å². The molecule has 0 aromatic carbocycles. The molecule has 0 bridgehead atoms. The highest BCUT2D eigenvalue weighted by atomic mass is 19.4. The van der Waals surface area contributed by atoms with E-state index in [-0.39, 0.29) is 5.91 Å². The Balaban J connectivity index is 2.23. The summed E-state index contributed by atoms with van der Waals surface area (Å²) in [7, 11) is 0. The number of aromatic nitrogens is 1. The molecule has 0 spiro atoms. The fraction of sp³-hybridized carbons (Fsp3) is 0.571. The fourth-order valence-electron chi connectivity index (χ4n) is 2.07. The predicted octanol–water partition coefficient (Wildman–Crippen LogP) is 3.35. The highest BCUT2D eigenvalue weighted by Crippen LogP contribution is 2.35. The molecule has 21 heavy (non-hydrogen) atoms. The summed E-state index contributed by atoms with van der Waals surface area (Å²) in [5.41, 5.74) is -1.03. The van der Waals surface area contributed by atoms with Gasteiger partial charge in [-0.1, -0.05) is 26.8 Å². The van der Waals surface area contributed by atoms with Gasteiger partial charge >= 0.3 is 6.18 Å². The second-order valence-electron chi connectivity index (χ2n) is 5.99. The van der Waals surface area contributed by atoms with Crippen molar-refractivity contribution in [1.29, 1.82) is 0 Å². The number of halogens is 3. The van der Waals surface area contributed by atoms with E-state index < -0.39 is 23.3 Å². The van der Waals surface area contributed by atoms with Crippen LogP contribution in [-0.2, 0) is 15.8 Å². The Hall–Kier alpha value is -1.63. The number of hydrogen-bond acceptors (Lipinski definition) is 3. The molecule has 1 aliphatic heterocycles. The Bertz CT molecular complexity index is 521. The molecular weight excluding hydrogens is 285 g/mol. The van der Waals surface area contributed by atoms with Gasteiger partial charge in [-0.25, -0.2) is 5.06 Å². The molecule has 0 saturated carbocycles. The summed E-state index contributed by atoms with van der Waals surface area (Å²) in [5.74, 6) is -0.204. The molecule has 7 heteroatoms. The summed E-state index contributed by atoms with van der Waals surface area (Å²) in [6, 6.07) is 1.87. The maximum Gasteiger partial charge on any atom is 0.433 e. The number of amides is 1. The zero-order valence-corrected chi connectivity index (χ0v) is 12.1. The summed E-state index contributed by atoms with van der Waals surface area (Å²) in [6.45, 7) is 5.64. The minimum Gasteiger partial charge on any atom is -0.272 e. The van der Waals surface area contributed by atoms with Crippen LogP contribution in [0.4, 0.5) is 13.2 Å².